The van der Waals surface area contributed by atoms with Crippen molar-refractivity contribution < 1.29 is 12.8 Å². The Kier molecular flexibility index (Phi) is 4.79. The highest BCUT2D eigenvalue weighted by atomic mass is 32.2. The Morgan fingerprint density at radius 3 is 2.65 bits per heavy atom. The van der Waals surface area contributed by atoms with Gasteiger partial charge < -0.3 is 4.42 Å². The Labute approximate surface area is 136 Å². The van der Waals surface area contributed by atoms with E-state index in [1.807, 2.05) is 30.3 Å². The molecule has 1 saturated heterocycles. The van der Waals surface area contributed by atoms with E-state index in [1.165, 1.54) is 6.26 Å². The third-order valence-electron chi connectivity index (χ3n) is 3.97. The fourth-order valence-corrected chi connectivity index (χ4v) is 3.63. The predicted octanol–water partition coefficient (Wildman–Crippen LogP) is 1.81. The van der Waals surface area contributed by atoms with Crippen LogP contribution >= 0.6 is 0 Å². The van der Waals surface area contributed by atoms with Crippen molar-refractivity contribution in [1.29, 1.82) is 0 Å². The van der Waals surface area contributed by atoms with Gasteiger partial charge in [0.2, 0.25) is 15.9 Å². The zero-order chi connectivity index (χ0) is 16.3. The average molecular weight is 335 g/mol. The summed E-state index contributed by atoms with van der Waals surface area (Å²) in [6.07, 6.45) is 3.78. The van der Waals surface area contributed by atoms with Gasteiger partial charge in [0.05, 0.1) is 11.9 Å². The van der Waals surface area contributed by atoms with Crippen LogP contribution < -0.4 is 0 Å². The van der Waals surface area contributed by atoms with E-state index in [-0.39, 0.29) is 0 Å². The molecule has 1 aromatic carbocycles. The molecule has 1 aliphatic heterocycles. The monoisotopic (exact) mass is 335 g/mol. The van der Waals surface area contributed by atoms with Crippen LogP contribution in [0.5, 0.6) is 0 Å². The van der Waals surface area contributed by atoms with Gasteiger partial charge in [0.15, 0.2) is 0 Å². The summed E-state index contributed by atoms with van der Waals surface area (Å²) in [4.78, 5) is 6.75. The molecular weight excluding hydrogens is 314 g/mol. The van der Waals surface area contributed by atoms with Crippen molar-refractivity contribution in [2.75, 3.05) is 32.4 Å². The summed E-state index contributed by atoms with van der Waals surface area (Å²) in [7, 11) is -3.10. The normalized spacial score (nSPS) is 18.0. The highest BCUT2D eigenvalue weighted by Gasteiger charge is 2.21. The van der Waals surface area contributed by atoms with Crippen molar-refractivity contribution >= 4 is 10.0 Å². The maximum absolute atomic E-state index is 11.6. The molecule has 2 heterocycles. The van der Waals surface area contributed by atoms with E-state index in [4.69, 9.17) is 4.42 Å². The van der Waals surface area contributed by atoms with Gasteiger partial charge in [-0.1, -0.05) is 18.2 Å². The summed E-state index contributed by atoms with van der Waals surface area (Å²) in [5, 5.41) is 0. The van der Waals surface area contributed by atoms with Gasteiger partial charge in [-0.15, -0.1) is 0 Å². The van der Waals surface area contributed by atoms with Gasteiger partial charge in [0.1, 0.15) is 6.26 Å². The Morgan fingerprint density at radius 1 is 1.13 bits per heavy atom. The summed E-state index contributed by atoms with van der Waals surface area (Å²) in [5.41, 5.74) is 1.83. The van der Waals surface area contributed by atoms with Crippen molar-refractivity contribution in [2.45, 2.75) is 13.0 Å². The quantitative estimate of drug-likeness (QED) is 0.852. The third-order valence-corrected chi connectivity index (χ3v) is 5.28. The van der Waals surface area contributed by atoms with Crippen molar-refractivity contribution in [3.8, 4) is 11.5 Å². The standard InChI is InChI=1S/C16H21N3O3S/c1-23(20,21)19-9-5-8-18(10-11-19)12-15-13-22-16(17-15)14-6-3-2-4-7-14/h2-4,6-7,13H,5,8-12H2,1H3. The second-order valence-corrected chi connectivity index (χ2v) is 7.78. The molecule has 0 amide bonds. The molecule has 23 heavy (non-hydrogen) atoms. The molecule has 0 radical (unpaired) electrons. The van der Waals surface area contributed by atoms with E-state index >= 15 is 0 Å². The largest absolute Gasteiger partial charge is 0.444 e. The Morgan fingerprint density at radius 2 is 1.91 bits per heavy atom. The molecule has 7 heteroatoms. The van der Waals surface area contributed by atoms with Gasteiger partial charge in [-0.05, 0) is 25.1 Å². The van der Waals surface area contributed by atoms with Crippen LogP contribution in [-0.2, 0) is 16.6 Å². The van der Waals surface area contributed by atoms with Gasteiger partial charge in [-0.25, -0.2) is 17.7 Å². The van der Waals surface area contributed by atoms with Gasteiger partial charge in [-0.3, -0.25) is 4.90 Å². The van der Waals surface area contributed by atoms with Gasteiger partial charge in [0, 0.05) is 31.7 Å². The van der Waals surface area contributed by atoms with Crippen molar-refractivity contribution in [2.24, 2.45) is 0 Å². The highest BCUT2D eigenvalue weighted by Crippen LogP contribution is 2.19. The summed E-state index contributed by atoms with van der Waals surface area (Å²) < 4.78 is 30.4. The van der Waals surface area contributed by atoms with Crippen LogP contribution in [0.2, 0.25) is 0 Å². The minimum Gasteiger partial charge on any atom is -0.444 e. The number of hydrogen-bond acceptors (Lipinski definition) is 5. The molecule has 1 aliphatic rings. The lowest BCUT2D eigenvalue weighted by Crippen LogP contribution is -2.34. The third kappa shape index (κ3) is 4.19. The summed E-state index contributed by atoms with van der Waals surface area (Å²) >= 11 is 0. The first-order valence-corrected chi connectivity index (χ1v) is 9.54. The lowest BCUT2D eigenvalue weighted by molar-refractivity contribution is 0.275. The van der Waals surface area contributed by atoms with Crippen LogP contribution in [0.1, 0.15) is 12.1 Å². The fraction of sp³-hybridized carbons (Fsp3) is 0.438. The van der Waals surface area contributed by atoms with Crippen LogP contribution in [0.15, 0.2) is 41.0 Å². The molecule has 3 rings (SSSR count). The first kappa shape index (κ1) is 16.2. The first-order chi connectivity index (χ1) is 11.0. The zero-order valence-corrected chi connectivity index (χ0v) is 14.0. The second-order valence-electron chi connectivity index (χ2n) is 5.80. The number of sulfonamides is 1. The summed E-state index contributed by atoms with van der Waals surface area (Å²) in [5.74, 6) is 0.619. The van der Waals surface area contributed by atoms with E-state index in [0.717, 1.165) is 24.2 Å². The van der Waals surface area contributed by atoms with Gasteiger partial charge >= 0.3 is 0 Å². The maximum Gasteiger partial charge on any atom is 0.226 e. The number of hydrogen-bond donors (Lipinski definition) is 0. The van der Waals surface area contributed by atoms with E-state index in [0.29, 0.717) is 32.1 Å². The molecule has 6 nitrogen and oxygen atoms in total. The van der Waals surface area contributed by atoms with E-state index in [9.17, 15) is 8.42 Å². The van der Waals surface area contributed by atoms with E-state index in [2.05, 4.69) is 9.88 Å². The smallest absolute Gasteiger partial charge is 0.226 e. The maximum atomic E-state index is 11.6. The molecule has 124 valence electrons. The lowest BCUT2D eigenvalue weighted by Gasteiger charge is -2.19. The molecule has 0 atom stereocenters. The number of aromatic nitrogens is 1. The molecular formula is C16H21N3O3S. The molecule has 1 fully saturated rings. The summed E-state index contributed by atoms with van der Waals surface area (Å²) in [6, 6.07) is 9.79. The van der Waals surface area contributed by atoms with Crippen molar-refractivity contribution in [1.82, 2.24) is 14.2 Å². The Balaban J connectivity index is 1.63. The van der Waals surface area contributed by atoms with E-state index < -0.39 is 10.0 Å². The number of oxazole rings is 1. The minimum atomic E-state index is -3.10. The Bertz CT molecular complexity index is 743. The Hall–Kier alpha value is -1.70. The van der Waals surface area contributed by atoms with Crippen LogP contribution in [0.4, 0.5) is 0 Å². The van der Waals surface area contributed by atoms with Crippen molar-refractivity contribution in [3.63, 3.8) is 0 Å². The molecule has 0 spiro atoms. The van der Waals surface area contributed by atoms with Crippen molar-refractivity contribution in [3.05, 3.63) is 42.3 Å². The average Bonchev–Trinajstić information content (AvgIpc) is 2.85. The fourth-order valence-electron chi connectivity index (χ4n) is 2.76. The number of rotatable bonds is 4. The lowest BCUT2D eigenvalue weighted by atomic mass is 10.2. The summed E-state index contributed by atoms with van der Waals surface area (Å²) in [6.45, 7) is 3.36. The molecule has 0 unspecified atom stereocenters. The molecule has 0 bridgehead atoms. The second kappa shape index (κ2) is 6.82. The van der Waals surface area contributed by atoms with Crippen LogP contribution in [0.25, 0.3) is 11.5 Å². The molecule has 0 saturated carbocycles. The van der Waals surface area contributed by atoms with E-state index in [1.54, 1.807) is 10.6 Å². The number of benzene rings is 1. The SMILES string of the molecule is CS(=O)(=O)N1CCCN(Cc2coc(-c3ccccc3)n2)CC1. The molecule has 1 aromatic heterocycles. The minimum absolute atomic E-state index is 0.530. The highest BCUT2D eigenvalue weighted by molar-refractivity contribution is 7.88. The van der Waals surface area contributed by atoms with Crippen LogP contribution in [0, 0.1) is 0 Å². The first-order valence-electron chi connectivity index (χ1n) is 7.70. The van der Waals surface area contributed by atoms with Gasteiger partial charge in [0.25, 0.3) is 0 Å². The molecule has 2 aromatic rings. The van der Waals surface area contributed by atoms with Crippen LogP contribution in [-0.4, -0.2) is 55.0 Å². The predicted molar refractivity (Wildman–Crippen MR) is 88.2 cm³/mol. The molecule has 0 aliphatic carbocycles. The topological polar surface area (TPSA) is 66.7 Å². The zero-order valence-electron chi connectivity index (χ0n) is 13.2. The number of nitrogens with zero attached hydrogens (tertiary/aromatic N) is 3. The van der Waals surface area contributed by atoms with Crippen LogP contribution in [0.3, 0.4) is 0 Å². The van der Waals surface area contributed by atoms with Gasteiger partial charge in [-0.2, -0.15) is 0 Å². The molecule has 0 N–H and O–H groups in total.